The Morgan fingerprint density at radius 1 is 1.20 bits per heavy atom. The van der Waals surface area contributed by atoms with Gasteiger partial charge in [0.2, 0.25) is 0 Å². The van der Waals surface area contributed by atoms with E-state index < -0.39 is 11.7 Å². The lowest BCUT2D eigenvalue weighted by Gasteiger charge is -2.08. The molecule has 2 heterocycles. The molecule has 0 aliphatic heterocycles. The molecule has 0 radical (unpaired) electrons. The highest BCUT2D eigenvalue weighted by Gasteiger charge is 2.30. The van der Waals surface area contributed by atoms with Crippen molar-refractivity contribution in [2.75, 3.05) is 0 Å². The van der Waals surface area contributed by atoms with Gasteiger partial charge >= 0.3 is 6.18 Å². The Kier molecular flexibility index (Phi) is 2.86. The average Bonchev–Trinajstić information content (AvgIpc) is 2.83. The van der Waals surface area contributed by atoms with Crippen LogP contribution in [0.25, 0.3) is 16.6 Å². The molecule has 0 saturated heterocycles. The molecule has 20 heavy (non-hydrogen) atoms. The standard InChI is InChI=1S/C12H6ClF3N4/c13-11-10-7(5-17-18-11)6-20(19-10)9-3-1-2-8(4-9)12(14,15)16/h1-6H. The van der Waals surface area contributed by atoms with Crippen molar-refractivity contribution in [3.8, 4) is 5.69 Å². The molecule has 0 atom stereocenters. The van der Waals surface area contributed by atoms with E-state index in [0.29, 0.717) is 10.9 Å². The molecule has 2 aromatic heterocycles. The molecule has 0 fully saturated rings. The number of halogens is 4. The Hall–Kier alpha value is -2.15. The summed E-state index contributed by atoms with van der Waals surface area (Å²) in [5.41, 5.74) is -0.0666. The van der Waals surface area contributed by atoms with Gasteiger partial charge in [0.15, 0.2) is 5.15 Å². The van der Waals surface area contributed by atoms with E-state index in [2.05, 4.69) is 15.3 Å². The summed E-state index contributed by atoms with van der Waals surface area (Å²) in [6, 6.07) is 4.86. The van der Waals surface area contributed by atoms with Crippen LogP contribution in [0, 0.1) is 0 Å². The summed E-state index contributed by atoms with van der Waals surface area (Å²) in [5, 5.41) is 12.1. The molecule has 0 saturated carbocycles. The summed E-state index contributed by atoms with van der Waals surface area (Å²) in [5.74, 6) is 0. The van der Waals surface area contributed by atoms with E-state index in [1.807, 2.05) is 0 Å². The van der Waals surface area contributed by atoms with Crippen molar-refractivity contribution in [2.45, 2.75) is 6.18 Å². The number of fused-ring (bicyclic) bond motifs is 1. The molecule has 3 rings (SSSR count). The zero-order chi connectivity index (χ0) is 14.3. The van der Waals surface area contributed by atoms with Crippen LogP contribution in [0.1, 0.15) is 5.56 Å². The Bertz CT molecular complexity index is 782. The Balaban J connectivity index is 2.14. The molecule has 0 N–H and O–H groups in total. The summed E-state index contributed by atoms with van der Waals surface area (Å²) < 4.78 is 39.4. The number of benzene rings is 1. The highest BCUT2D eigenvalue weighted by atomic mass is 35.5. The first kappa shape index (κ1) is 12.9. The summed E-state index contributed by atoms with van der Waals surface area (Å²) >= 11 is 5.83. The minimum atomic E-state index is -4.40. The van der Waals surface area contributed by atoms with Gasteiger partial charge in [-0.05, 0) is 18.2 Å². The first-order valence-electron chi connectivity index (χ1n) is 5.49. The van der Waals surface area contributed by atoms with Crippen molar-refractivity contribution < 1.29 is 13.2 Å². The maximum atomic E-state index is 12.7. The summed E-state index contributed by atoms with van der Waals surface area (Å²) in [7, 11) is 0. The van der Waals surface area contributed by atoms with Crippen molar-refractivity contribution in [1.29, 1.82) is 0 Å². The molecule has 1 aromatic carbocycles. The van der Waals surface area contributed by atoms with Crippen molar-refractivity contribution in [3.05, 3.63) is 47.4 Å². The van der Waals surface area contributed by atoms with Gasteiger partial charge in [-0.15, -0.1) is 5.10 Å². The van der Waals surface area contributed by atoms with Crippen LogP contribution in [0.3, 0.4) is 0 Å². The van der Waals surface area contributed by atoms with Crippen LogP contribution in [-0.4, -0.2) is 20.0 Å². The number of alkyl halides is 3. The largest absolute Gasteiger partial charge is 0.416 e. The van der Waals surface area contributed by atoms with E-state index in [1.165, 1.54) is 23.0 Å². The monoisotopic (exact) mass is 298 g/mol. The van der Waals surface area contributed by atoms with Gasteiger partial charge in [0.1, 0.15) is 5.52 Å². The zero-order valence-corrected chi connectivity index (χ0v) is 10.5. The first-order chi connectivity index (χ1) is 9.45. The van der Waals surface area contributed by atoms with Gasteiger partial charge in [0, 0.05) is 11.6 Å². The van der Waals surface area contributed by atoms with Crippen LogP contribution < -0.4 is 0 Å². The molecule has 8 heteroatoms. The second-order valence-corrected chi connectivity index (χ2v) is 4.42. The van der Waals surface area contributed by atoms with E-state index in [0.717, 1.165) is 12.1 Å². The van der Waals surface area contributed by atoms with E-state index in [4.69, 9.17) is 11.6 Å². The normalized spacial score (nSPS) is 12.0. The van der Waals surface area contributed by atoms with E-state index >= 15 is 0 Å². The van der Waals surface area contributed by atoms with Crippen molar-refractivity contribution >= 4 is 22.5 Å². The predicted octanol–water partition coefficient (Wildman–Crippen LogP) is 3.49. The quantitative estimate of drug-likeness (QED) is 0.691. The summed E-state index contributed by atoms with van der Waals surface area (Å²) in [6.07, 6.45) is -1.41. The minimum absolute atomic E-state index is 0.105. The van der Waals surface area contributed by atoms with Gasteiger partial charge < -0.3 is 0 Å². The molecular weight excluding hydrogens is 293 g/mol. The van der Waals surface area contributed by atoms with Crippen molar-refractivity contribution in [3.63, 3.8) is 0 Å². The van der Waals surface area contributed by atoms with Crippen LogP contribution in [0.5, 0.6) is 0 Å². The minimum Gasteiger partial charge on any atom is -0.240 e. The molecule has 0 amide bonds. The smallest absolute Gasteiger partial charge is 0.240 e. The fourth-order valence-corrected chi connectivity index (χ4v) is 1.98. The van der Waals surface area contributed by atoms with Crippen LogP contribution in [-0.2, 0) is 6.18 Å². The summed E-state index contributed by atoms with van der Waals surface area (Å²) in [4.78, 5) is 0. The molecule has 3 aromatic rings. The van der Waals surface area contributed by atoms with Gasteiger partial charge in [-0.3, -0.25) is 0 Å². The van der Waals surface area contributed by atoms with Crippen LogP contribution in [0.2, 0.25) is 5.15 Å². The zero-order valence-electron chi connectivity index (χ0n) is 9.76. The Labute approximate surface area is 115 Å². The van der Waals surface area contributed by atoms with Crippen molar-refractivity contribution in [1.82, 2.24) is 20.0 Å². The summed E-state index contributed by atoms with van der Waals surface area (Å²) in [6.45, 7) is 0. The maximum absolute atomic E-state index is 12.7. The molecule has 0 aliphatic rings. The highest BCUT2D eigenvalue weighted by molar-refractivity contribution is 6.33. The number of hydrogen-bond donors (Lipinski definition) is 0. The van der Waals surface area contributed by atoms with Gasteiger partial charge in [-0.2, -0.15) is 23.4 Å². The fraction of sp³-hybridized carbons (Fsp3) is 0.0833. The fourth-order valence-electron chi connectivity index (χ4n) is 1.79. The van der Waals surface area contributed by atoms with Gasteiger partial charge in [-0.25, -0.2) is 4.68 Å². The third kappa shape index (κ3) is 2.20. The van der Waals surface area contributed by atoms with E-state index in [-0.39, 0.29) is 10.8 Å². The van der Waals surface area contributed by atoms with E-state index in [1.54, 1.807) is 6.20 Å². The van der Waals surface area contributed by atoms with Crippen LogP contribution >= 0.6 is 11.6 Å². The van der Waals surface area contributed by atoms with Crippen LogP contribution in [0.15, 0.2) is 36.7 Å². The van der Waals surface area contributed by atoms with Crippen LogP contribution in [0.4, 0.5) is 13.2 Å². The second-order valence-electron chi connectivity index (χ2n) is 4.06. The Morgan fingerprint density at radius 2 is 2.00 bits per heavy atom. The number of hydrogen-bond acceptors (Lipinski definition) is 3. The molecule has 102 valence electrons. The molecule has 0 bridgehead atoms. The molecule has 0 unspecified atom stereocenters. The topological polar surface area (TPSA) is 43.6 Å². The lowest BCUT2D eigenvalue weighted by Crippen LogP contribution is -2.06. The average molecular weight is 299 g/mol. The molecule has 0 aliphatic carbocycles. The SMILES string of the molecule is FC(F)(F)c1cccc(-n2cc3cnnc(Cl)c3n2)c1. The molecule has 4 nitrogen and oxygen atoms in total. The predicted molar refractivity (Wildman–Crippen MR) is 66.7 cm³/mol. The lowest BCUT2D eigenvalue weighted by molar-refractivity contribution is -0.137. The number of aromatic nitrogens is 4. The second kappa shape index (κ2) is 4.45. The third-order valence-corrected chi connectivity index (χ3v) is 2.97. The van der Waals surface area contributed by atoms with Gasteiger partial charge in [0.05, 0.1) is 17.4 Å². The third-order valence-electron chi connectivity index (χ3n) is 2.72. The molecular formula is C12H6ClF3N4. The van der Waals surface area contributed by atoms with E-state index in [9.17, 15) is 13.2 Å². The Morgan fingerprint density at radius 3 is 2.70 bits per heavy atom. The lowest BCUT2D eigenvalue weighted by atomic mass is 10.2. The molecule has 0 spiro atoms. The highest BCUT2D eigenvalue weighted by Crippen LogP contribution is 2.30. The first-order valence-corrected chi connectivity index (χ1v) is 5.87. The maximum Gasteiger partial charge on any atom is 0.416 e. The number of nitrogens with zero attached hydrogens (tertiary/aromatic N) is 4. The van der Waals surface area contributed by atoms with Gasteiger partial charge in [0.25, 0.3) is 0 Å². The van der Waals surface area contributed by atoms with Gasteiger partial charge in [-0.1, -0.05) is 17.7 Å². The number of rotatable bonds is 1. The van der Waals surface area contributed by atoms with Crippen molar-refractivity contribution in [2.24, 2.45) is 0 Å².